The summed E-state index contributed by atoms with van der Waals surface area (Å²) in [6.45, 7) is 11.8. The summed E-state index contributed by atoms with van der Waals surface area (Å²) >= 11 is 0. The van der Waals surface area contributed by atoms with Gasteiger partial charge in [0.1, 0.15) is 25.0 Å². The second kappa shape index (κ2) is 8.77. The van der Waals surface area contributed by atoms with Crippen LogP contribution >= 0.6 is 0 Å². The molecule has 0 aliphatic carbocycles. The highest BCUT2D eigenvalue weighted by Gasteiger charge is 2.24. The minimum Gasteiger partial charge on any atom is -0.490 e. The van der Waals surface area contributed by atoms with Gasteiger partial charge in [-0.2, -0.15) is 0 Å². The molecule has 2 N–H and O–H groups in total. The number of aliphatic hydroxyl groups is 1. The van der Waals surface area contributed by atoms with Crippen LogP contribution in [0.2, 0.25) is 0 Å². The Morgan fingerprint density at radius 3 is 2.30 bits per heavy atom. The molecule has 1 saturated heterocycles. The molecule has 0 unspecified atom stereocenters. The third kappa shape index (κ3) is 5.47. The number of ether oxygens (including phenoxy) is 1. The van der Waals surface area contributed by atoms with Gasteiger partial charge in [0.05, 0.1) is 26.2 Å². The molecule has 0 amide bonds. The average molecular weight is 370 g/mol. The Hall–Kier alpha value is -2.04. The quantitative estimate of drug-likeness (QED) is 0.819. The number of nitrogens with one attached hydrogen (secondary N) is 1. The predicted octanol–water partition coefficient (Wildman–Crippen LogP) is 2.13. The fraction of sp³-hybridized carbons (Fsp3) is 0.478. The van der Waals surface area contributed by atoms with E-state index in [-0.39, 0.29) is 5.41 Å². The van der Waals surface area contributed by atoms with E-state index in [1.54, 1.807) is 0 Å². The van der Waals surface area contributed by atoms with Crippen molar-refractivity contribution in [1.82, 2.24) is 0 Å². The second-order valence-corrected chi connectivity index (χ2v) is 8.49. The van der Waals surface area contributed by atoms with Crippen LogP contribution in [-0.2, 0) is 5.41 Å². The molecule has 0 spiro atoms. The Labute approximate surface area is 163 Å². The summed E-state index contributed by atoms with van der Waals surface area (Å²) in [6.07, 6.45) is -0.448. The SMILES string of the molecule is CC(C)(C)c1ccccc1OC[C@H](O)C[NH+]1CCN(c2ccccc2)CC1. The summed E-state index contributed by atoms with van der Waals surface area (Å²) in [7, 11) is 0. The van der Waals surface area contributed by atoms with Crippen molar-refractivity contribution in [2.75, 3.05) is 44.2 Å². The molecule has 4 heteroatoms. The maximum Gasteiger partial charge on any atom is 0.137 e. The predicted molar refractivity (Wildman–Crippen MR) is 111 cm³/mol. The Balaban J connectivity index is 1.46. The number of quaternary nitrogens is 1. The fourth-order valence-corrected chi connectivity index (χ4v) is 3.71. The van der Waals surface area contributed by atoms with Gasteiger partial charge in [0, 0.05) is 5.69 Å². The molecule has 146 valence electrons. The zero-order chi connectivity index (χ0) is 19.3. The maximum atomic E-state index is 10.5. The van der Waals surface area contributed by atoms with Gasteiger partial charge in [0.15, 0.2) is 0 Å². The molecule has 1 fully saturated rings. The topological polar surface area (TPSA) is 37.1 Å². The van der Waals surface area contributed by atoms with Crippen molar-refractivity contribution < 1.29 is 14.7 Å². The standard InChI is InChI=1S/C23H32N2O2/c1-23(2,3)21-11-7-8-12-22(21)27-18-20(26)17-24-13-15-25(16-14-24)19-9-5-4-6-10-19/h4-12,20,26H,13-18H2,1-3H3/p+1/t20-/m1/s1. The first kappa shape index (κ1) is 19.7. The molecule has 27 heavy (non-hydrogen) atoms. The molecule has 1 aliphatic rings. The molecule has 4 nitrogen and oxygen atoms in total. The smallest absolute Gasteiger partial charge is 0.137 e. The zero-order valence-corrected chi connectivity index (χ0v) is 16.8. The third-order valence-corrected chi connectivity index (χ3v) is 5.24. The number of anilines is 1. The molecule has 2 aromatic carbocycles. The molecular weight excluding hydrogens is 336 g/mol. The molecule has 2 aromatic rings. The normalized spacial score (nSPS) is 17.0. The number of nitrogens with zero attached hydrogens (tertiary/aromatic N) is 1. The lowest BCUT2D eigenvalue weighted by Crippen LogP contribution is -3.16. The van der Waals surface area contributed by atoms with Crippen LogP contribution in [0.15, 0.2) is 54.6 Å². The molecule has 0 bridgehead atoms. The summed E-state index contributed by atoms with van der Waals surface area (Å²) in [5.41, 5.74) is 2.50. The van der Waals surface area contributed by atoms with E-state index < -0.39 is 6.10 Å². The van der Waals surface area contributed by atoms with Crippen LogP contribution in [0, 0.1) is 0 Å². The van der Waals surface area contributed by atoms with Crippen molar-refractivity contribution in [1.29, 1.82) is 0 Å². The summed E-state index contributed by atoms with van der Waals surface area (Å²) in [4.78, 5) is 3.87. The van der Waals surface area contributed by atoms with E-state index in [4.69, 9.17) is 4.74 Å². The Kier molecular flexibility index (Phi) is 6.40. The summed E-state index contributed by atoms with van der Waals surface area (Å²) < 4.78 is 5.98. The van der Waals surface area contributed by atoms with E-state index in [1.165, 1.54) is 16.2 Å². The van der Waals surface area contributed by atoms with Crippen molar-refractivity contribution >= 4 is 5.69 Å². The molecule has 1 heterocycles. The van der Waals surface area contributed by atoms with Crippen molar-refractivity contribution in [3.63, 3.8) is 0 Å². The highest BCUT2D eigenvalue weighted by atomic mass is 16.5. The highest BCUT2D eigenvalue weighted by Crippen LogP contribution is 2.30. The number of hydrogen-bond acceptors (Lipinski definition) is 3. The summed E-state index contributed by atoms with van der Waals surface area (Å²) in [5.74, 6) is 0.882. The maximum absolute atomic E-state index is 10.5. The third-order valence-electron chi connectivity index (χ3n) is 5.24. The van der Waals surface area contributed by atoms with E-state index >= 15 is 0 Å². The molecule has 1 atom stereocenters. The van der Waals surface area contributed by atoms with Gasteiger partial charge in [-0.3, -0.25) is 0 Å². The lowest BCUT2D eigenvalue weighted by Gasteiger charge is -2.34. The summed E-state index contributed by atoms with van der Waals surface area (Å²) in [5, 5.41) is 10.5. The number of para-hydroxylation sites is 2. The Morgan fingerprint density at radius 1 is 1.00 bits per heavy atom. The van der Waals surface area contributed by atoms with Crippen LogP contribution in [0.25, 0.3) is 0 Å². The van der Waals surface area contributed by atoms with Crippen molar-refractivity contribution in [3.8, 4) is 5.75 Å². The molecular formula is C23H33N2O2+. The van der Waals surface area contributed by atoms with E-state index in [1.807, 2.05) is 18.2 Å². The number of aliphatic hydroxyl groups excluding tert-OH is 1. The lowest BCUT2D eigenvalue weighted by molar-refractivity contribution is -0.903. The molecule has 0 aromatic heterocycles. The highest BCUT2D eigenvalue weighted by molar-refractivity contribution is 5.46. The molecule has 0 radical (unpaired) electrons. The largest absolute Gasteiger partial charge is 0.490 e. The van der Waals surface area contributed by atoms with Crippen LogP contribution in [-0.4, -0.2) is 50.5 Å². The zero-order valence-electron chi connectivity index (χ0n) is 16.8. The Morgan fingerprint density at radius 2 is 1.63 bits per heavy atom. The lowest BCUT2D eigenvalue weighted by atomic mass is 9.86. The van der Waals surface area contributed by atoms with Crippen LogP contribution in [0.3, 0.4) is 0 Å². The second-order valence-electron chi connectivity index (χ2n) is 8.49. The number of benzene rings is 2. The van der Waals surface area contributed by atoms with Gasteiger partial charge in [-0.05, 0) is 29.2 Å². The van der Waals surface area contributed by atoms with Gasteiger partial charge in [-0.15, -0.1) is 0 Å². The molecule has 0 saturated carbocycles. The fourth-order valence-electron chi connectivity index (χ4n) is 3.71. The van der Waals surface area contributed by atoms with E-state index in [9.17, 15) is 5.11 Å². The van der Waals surface area contributed by atoms with Crippen molar-refractivity contribution in [3.05, 3.63) is 60.2 Å². The first-order chi connectivity index (χ1) is 12.9. The molecule has 3 rings (SSSR count). The minimum atomic E-state index is -0.448. The number of hydrogen-bond donors (Lipinski definition) is 2. The molecule has 1 aliphatic heterocycles. The van der Waals surface area contributed by atoms with Crippen LogP contribution in [0.5, 0.6) is 5.75 Å². The van der Waals surface area contributed by atoms with E-state index in [0.29, 0.717) is 6.61 Å². The Bertz CT molecular complexity index is 704. The van der Waals surface area contributed by atoms with Crippen LogP contribution < -0.4 is 14.5 Å². The van der Waals surface area contributed by atoms with E-state index in [0.717, 1.165) is 38.5 Å². The monoisotopic (exact) mass is 369 g/mol. The van der Waals surface area contributed by atoms with Crippen LogP contribution in [0.4, 0.5) is 5.69 Å². The number of piperazine rings is 1. The number of rotatable bonds is 6. The average Bonchev–Trinajstić information content (AvgIpc) is 2.67. The van der Waals surface area contributed by atoms with Crippen molar-refractivity contribution in [2.45, 2.75) is 32.3 Å². The van der Waals surface area contributed by atoms with E-state index in [2.05, 4.69) is 62.1 Å². The van der Waals surface area contributed by atoms with Gasteiger partial charge in [0.2, 0.25) is 0 Å². The van der Waals surface area contributed by atoms with Gasteiger partial charge < -0.3 is 19.6 Å². The summed E-state index contributed by atoms with van der Waals surface area (Å²) in [6, 6.07) is 18.7. The van der Waals surface area contributed by atoms with Gasteiger partial charge >= 0.3 is 0 Å². The van der Waals surface area contributed by atoms with Gasteiger partial charge in [-0.25, -0.2) is 0 Å². The van der Waals surface area contributed by atoms with Crippen LogP contribution in [0.1, 0.15) is 26.3 Å². The minimum absolute atomic E-state index is 0.0283. The first-order valence-electron chi connectivity index (χ1n) is 9.97. The van der Waals surface area contributed by atoms with Gasteiger partial charge in [0.25, 0.3) is 0 Å². The van der Waals surface area contributed by atoms with Gasteiger partial charge in [-0.1, -0.05) is 57.2 Å². The van der Waals surface area contributed by atoms with Crippen molar-refractivity contribution in [2.24, 2.45) is 0 Å². The first-order valence-corrected chi connectivity index (χ1v) is 9.97.